The Morgan fingerprint density at radius 1 is 1.10 bits per heavy atom. The van der Waals surface area contributed by atoms with Gasteiger partial charge in [-0.25, -0.2) is 4.98 Å². The summed E-state index contributed by atoms with van der Waals surface area (Å²) in [5.74, 6) is 1.18. The normalized spacial score (nSPS) is 18.8. The van der Waals surface area contributed by atoms with Gasteiger partial charge in [0.2, 0.25) is 11.8 Å². The molecule has 2 saturated carbocycles. The number of hydrogen-bond acceptors (Lipinski definition) is 7. The molecule has 2 aromatic heterocycles. The average Bonchev–Trinajstić information content (AvgIpc) is 3.37. The van der Waals surface area contributed by atoms with E-state index in [0.717, 1.165) is 36.4 Å². The van der Waals surface area contributed by atoms with Crippen molar-refractivity contribution in [2.75, 3.05) is 5.75 Å². The van der Waals surface area contributed by atoms with Crippen molar-refractivity contribution in [2.45, 2.75) is 94.9 Å². The summed E-state index contributed by atoms with van der Waals surface area (Å²) in [5, 5.41) is 11.8. The van der Waals surface area contributed by atoms with Crippen LogP contribution in [0.4, 0.5) is 0 Å². The van der Waals surface area contributed by atoms with Crippen molar-refractivity contribution in [3.8, 4) is 0 Å². The molecule has 0 radical (unpaired) electrons. The minimum atomic E-state index is 0.240. The highest BCUT2D eigenvalue weighted by atomic mass is 32.2. The molecular formula is C21H30N4O2S2. The number of hydrogen-bond donors (Lipinski definition) is 0. The zero-order valence-electron chi connectivity index (χ0n) is 17.1. The lowest BCUT2D eigenvalue weighted by Crippen LogP contribution is -2.49. The first-order chi connectivity index (χ1) is 14.2. The summed E-state index contributed by atoms with van der Waals surface area (Å²) in [5.41, 5.74) is 0.949. The fourth-order valence-electron chi connectivity index (χ4n) is 4.63. The lowest BCUT2D eigenvalue weighted by Gasteiger charge is -2.41. The van der Waals surface area contributed by atoms with Crippen LogP contribution in [0.3, 0.4) is 0 Å². The van der Waals surface area contributed by atoms with Crippen LogP contribution in [0.15, 0.2) is 15.0 Å². The molecule has 2 aromatic rings. The Bertz CT molecular complexity index is 776. The Morgan fingerprint density at radius 2 is 1.76 bits per heavy atom. The van der Waals surface area contributed by atoms with Crippen molar-refractivity contribution in [3.05, 3.63) is 22.0 Å². The van der Waals surface area contributed by atoms with Crippen LogP contribution < -0.4 is 0 Å². The van der Waals surface area contributed by atoms with E-state index in [1.165, 1.54) is 50.3 Å². The molecule has 0 unspecified atom stereocenters. The van der Waals surface area contributed by atoms with E-state index >= 15 is 0 Å². The summed E-state index contributed by atoms with van der Waals surface area (Å²) in [6, 6.07) is 0.845. The summed E-state index contributed by atoms with van der Waals surface area (Å²) in [6.45, 7) is 1.99. The molecule has 4 rings (SSSR count). The summed E-state index contributed by atoms with van der Waals surface area (Å²) < 4.78 is 5.75. The minimum Gasteiger partial charge on any atom is -0.416 e. The van der Waals surface area contributed by atoms with Crippen molar-refractivity contribution < 1.29 is 9.21 Å². The maximum absolute atomic E-state index is 13.2. The first-order valence-corrected chi connectivity index (χ1v) is 12.7. The molecule has 6 nitrogen and oxygen atoms in total. The van der Waals surface area contributed by atoms with Gasteiger partial charge in [-0.15, -0.1) is 21.5 Å². The van der Waals surface area contributed by atoms with Gasteiger partial charge in [0, 0.05) is 17.5 Å². The van der Waals surface area contributed by atoms with Crippen molar-refractivity contribution in [1.82, 2.24) is 20.1 Å². The molecule has 0 saturated heterocycles. The lowest BCUT2D eigenvalue weighted by atomic mass is 9.88. The topological polar surface area (TPSA) is 72.1 Å². The second-order valence-electron chi connectivity index (χ2n) is 8.17. The molecule has 0 atom stereocenters. The predicted octanol–water partition coefficient (Wildman–Crippen LogP) is 5.01. The number of carbonyl (C=O) groups excluding carboxylic acids is 1. The molecule has 2 heterocycles. The molecule has 158 valence electrons. The maximum atomic E-state index is 13.2. The Balaban J connectivity index is 1.36. The first kappa shape index (κ1) is 20.8. The molecule has 2 fully saturated rings. The molecule has 0 bridgehead atoms. The van der Waals surface area contributed by atoms with Crippen molar-refractivity contribution in [2.24, 2.45) is 0 Å². The van der Waals surface area contributed by atoms with Crippen LogP contribution in [0, 0.1) is 6.92 Å². The third-order valence-corrected chi connectivity index (χ3v) is 7.62. The molecule has 0 aromatic carbocycles. The third kappa shape index (κ3) is 5.60. The van der Waals surface area contributed by atoms with Crippen LogP contribution in [-0.4, -0.2) is 43.8 Å². The molecule has 2 aliphatic rings. The van der Waals surface area contributed by atoms with Gasteiger partial charge >= 0.3 is 0 Å². The number of thiazole rings is 1. The van der Waals surface area contributed by atoms with Crippen molar-refractivity contribution in [1.29, 1.82) is 0 Å². The van der Waals surface area contributed by atoms with E-state index in [0.29, 0.717) is 35.4 Å². The van der Waals surface area contributed by atoms with Gasteiger partial charge < -0.3 is 9.32 Å². The number of rotatable bonds is 7. The molecule has 2 aliphatic carbocycles. The smallest absolute Gasteiger partial charge is 0.277 e. The third-order valence-electron chi connectivity index (χ3n) is 5.99. The van der Waals surface area contributed by atoms with Crippen LogP contribution in [-0.2, 0) is 11.2 Å². The summed E-state index contributed by atoms with van der Waals surface area (Å²) >= 11 is 2.99. The number of aryl methyl sites for hydroxylation is 1. The van der Waals surface area contributed by atoms with E-state index in [-0.39, 0.29) is 5.91 Å². The van der Waals surface area contributed by atoms with E-state index in [4.69, 9.17) is 4.42 Å². The first-order valence-electron chi connectivity index (χ1n) is 10.9. The molecule has 29 heavy (non-hydrogen) atoms. The number of nitrogens with zero attached hydrogens (tertiary/aromatic N) is 4. The van der Waals surface area contributed by atoms with Gasteiger partial charge in [0.25, 0.3) is 5.22 Å². The predicted molar refractivity (Wildman–Crippen MR) is 115 cm³/mol. The van der Waals surface area contributed by atoms with E-state index in [1.54, 1.807) is 11.3 Å². The monoisotopic (exact) mass is 434 g/mol. The summed E-state index contributed by atoms with van der Waals surface area (Å²) in [4.78, 5) is 19.9. The SMILES string of the molecule is Cc1nc(Cc2nnc(SCC(=O)N(C3CCCCC3)C3CCCCC3)o2)cs1. The van der Waals surface area contributed by atoms with Gasteiger partial charge in [0.15, 0.2) is 0 Å². The van der Waals surface area contributed by atoms with E-state index in [1.807, 2.05) is 12.3 Å². The van der Waals surface area contributed by atoms with Crippen LogP contribution in [0.5, 0.6) is 0 Å². The summed E-state index contributed by atoms with van der Waals surface area (Å²) in [6.07, 6.45) is 12.8. The zero-order chi connectivity index (χ0) is 20.1. The molecule has 0 aliphatic heterocycles. The number of aromatic nitrogens is 3. The van der Waals surface area contributed by atoms with Gasteiger partial charge in [-0.1, -0.05) is 50.3 Å². The Kier molecular flexibility index (Phi) is 7.24. The zero-order valence-corrected chi connectivity index (χ0v) is 18.8. The maximum Gasteiger partial charge on any atom is 0.277 e. The Hall–Kier alpha value is -1.41. The lowest BCUT2D eigenvalue weighted by molar-refractivity contribution is -0.135. The van der Waals surface area contributed by atoms with E-state index < -0.39 is 0 Å². The second kappa shape index (κ2) is 10.1. The van der Waals surface area contributed by atoms with E-state index in [9.17, 15) is 4.79 Å². The highest BCUT2D eigenvalue weighted by molar-refractivity contribution is 7.99. The molecule has 1 amide bonds. The van der Waals surface area contributed by atoms with Gasteiger partial charge in [-0.05, 0) is 32.6 Å². The second-order valence-corrected chi connectivity index (χ2v) is 10.2. The van der Waals surface area contributed by atoms with Crippen LogP contribution in [0.2, 0.25) is 0 Å². The quantitative estimate of drug-likeness (QED) is 0.570. The fraction of sp³-hybridized carbons (Fsp3) is 0.714. The molecule has 0 N–H and O–H groups in total. The summed E-state index contributed by atoms with van der Waals surface area (Å²) in [7, 11) is 0. The Labute approximate surface area is 180 Å². The number of amides is 1. The van der Waals surface area contributed by atoms with Crippen molar-refractivity contribution >= 4 is 29.0 Å². The molecular weight excluding hydrogens is 404 g/mol. The largest absolute Gasteiger partial charge is 0.416 e. The van der Waals surface area contributed by atoms with Crippen LogP contribution in [0.1, 0.15) is 80.8 Å². The van der Waals surface area contributed by atoms with Crippen molar-refractivity contribution in [3.63, 3.8) is 0 Å². The van der Waals surface area contributed by atoms with Gasteiger partial charge in [0.05, 0.1) is 22.9 Å². The Morgan fingerprint density at radius 3 is 2.34 bits per heavy atom. The highest BCUT2D eigenvalue weighted by Gasteiger charge is 2.32. The fourth-order valence-corrected chi connectivity index (χ4v) is 5.90. The van der Waals surface area contributed by atoms with Gasteiger partial charge in [-0.3, -0.25) is 4.79 Å². The highest BCUT2D eigenvalue weighted by Crippen LogP contribution is 2.31. The van der Waals surface area contributed by atoms with Gasteiger partial charge in [0.1, 0.15) is 0 Å². The minimum absolute atomic E-state index is 0.240. The van der Waals surface area contributed by atoms with Crippen LogP contribution >= 0.6 is 23.1 Å². The van der Waals surface area contributed by atoms with E-state index in [2.05, 4.69) is 20.1 Å². The number of thioether (sulfide) groups is 1. The number of carbonyl (C=O) groups is 1. The molecule has 8 heteroatoms. The molecule has 0 spiro atoms. The standard InChI is InChI=1S/C21H30N4O2S2/c1-15-22-16(13-28-15)12-19-23-24-21(27-19)29-14-20(26)25(17-8-4-2-5-9-17)18-10-6-3-7-11-18/h13,17-18H,2-12,14H2,1H3. The average molecular weight is 435 g/mol. The van der Waals surface area contributed by atoms with Gasteiger partial charge in [-0.2, -0.15) is 0 Å². The van der Waals surface area contributed by atoms with Crippen LogP contribution in [0.25, 0.3) is 0 Å².